The van der Waals surface area contributed by atoms with Gasteiger partial charge in [-0.15, -0.1) is 0 Å². The van der Waals surface area contributed by atoms with Crippen LogP contribution in [0.2, 0.25) is 0 Å². The lowest BCUT2D eigenvalue weighted by Crippen LogP contribution is -2.15. The van der Waals surface area contributed by atoms with Crippen molar-refractivity contribution in [2.75, 3.05) is 4.90 Å². The minimum absolute atomic E-state index is 0.0331. The predicted octanol–water partition coefficient (Wildman–Crippen LogP) is 13.9. The van der Waals surface area contributed by atoms with E-state index in [1.807, 2.05) is 0 Å². The second-order valence-corrected chi connectivity index (χ2v) is 14.6. The van der Waals surface area contributed by atoms with Crippen molar-refractivity contribution in [3.63, 3.8) is 0 Å². The van der Waals surface area contributed by atoms with Gasteiger partial charge in [-0.2, -0.15) is 0 Å². The third kappa shape index (κ3) is 5.02. The summed E-state index contributed by atoms with van der Waals surface area (Å²) in [7, 11) is 0. The molecule has 0 atom stereocenters. The van der Waals surface area contributed by atoms with Gasteiger partial charge in [-0.05, 0) is 111 Å². The Morgan fingerprint density at radius 1 is 0.377 bits per heavy atom. The summed E-state index contributed by atoms with van der Waals surface area (Å²) in [6, 6.07) is 70.8. The number of benzene rings is 8. The first-order valence-corrected chi connectivity index (χ1v) is 18.4. The molecule has 0 N–H and O–H groups in total. The van der Waals surface area contributed by atoms with Crippen molar-refractivity contribution in [3.05, 3.63) is 205 Å². The molecule has 1 aliphatic carbocycles. The van der Waals surface area contributed by atoms with Crippen molar-refractivity contribution in [2.24, 2.45) is 0 Å². The van der Waals surface area contributed by atoms with Crippen LogP contribution in [0.4, 0.5) is 17.1 Å². The van der Waals surface area contributed by atoms with Crippen LogP contribution in [-0.4, -0.2) is 4.57 Å². The molecule has 0 saturated heterocycles. The molecule has 8 aromatic carbocycles. The summed E-state index contributed by atoms with van der Waals surface area (Å²) >= 11 is 0. The molecule has 0 radical (unpaired) electrons. The number of nitrogens with zero attached hydrogens (tertiary/aromatic N) is 2. The lowest BCUT2D eigenvalue weighted by molar-refractivity contribution is 0.660. The standard InChI is InChI=1S/C51H38N2/c1-51(2)47-24-14-12-22-41(47)45-32-40(30-31-48(45)51)52(37-18-8-4-9-19-37)39-28-26-36(27-29-39)43-33-46-42-23-13-15-25-49(42)53(38-20-10-5-11-21-38)50(46)34-44(43)35-16-6-3-7-17-35/h3-34H,1-2H3. The van der Waals surface area contributed by atoms with Gasteiger partial charge in [0.25, 0.3) is 0 Å². The van der Waals surface area contributed by atoms with Crippen LogP contribution in [0.3, 0.4) is 0 Å². The largest absolute Gasteiger partial charge is 0.310 e. The molecule has 1 aromatic heterocycles. The SMILES string of the molecule is CC1(C)c2ccccc2-c2cc(N(c3ccccc3)c3ccc(-c4cc5c6ccccc6n(-c6ccccc6)c5cc4-c4ccccc4)cc3)ccc21. The van der Waals surface area contributed by atoms with Gasteiger partial charge in [-0.25, -0.2) is 0 Å². The smallest absolute Gasteiger partial charge is 0.0547 e. The fraction of sp³-hybridized carbons (Fsp3) is 0.0588. The maximum absolute atomic E-state index is 2.41. The Morgan fingerprint density at radius 2 is 0.943 bits per heavy atom. The van der Waals surface area contributed by atoms with E-state index in [0.717, 1.165) is 22.7 Å². The molecule has 1 aliphatic rings. The second-order valence-electron chi connectivity index (χ2n) is 14.6. The average Bonchev–Trinajstić information content (AvgIpc) is 3.66. The van der Waals surface area contributed by atoms with Crippen molar-refractivity contribution < 1.29 is 0 Å². The first kappa shape index (κ1) is 31.1. The molecule has 53 heavy (non-hydrogen) atoms. The van der Waals surface area contributed by atoms with Crippen LogP contribution in [0.15, 0.2) is 194 Å². The van der Waals surface area contributed by atoms with Crippen molar-refractivity contribution in [2.45, 2.75) is 19.3 Å². The third-order valence-electron chi connectivity index (χ3n) is 11.2. The Hall–Kier alpha value is -6.64. The molecule has 9 aromatic rings. The molecule has 0 saturated carbocycles. The van der Waals surface area contributed by atoms with Gasteiger partial charge in [0, 0.05) is 38.9 Å². The van der Waals surface area contributed by atoms with E-state index >= 15 is 0 Å². The number of rotatable bonds is 6. The van der Waals surface area contributed by atoms with Crippen molar-refractivity contribution >= 4 is 38.9 Å². The molecular weight excluding hydrogens is 641 g/mol. The number of anilines is 3. The fourth-order valence-electron chi connectivity index (χ4n) is 8.63. The quantitative estimate of drug-likeness (QED) is 0.170. The molecule has 2 nitrogen and oxygen atoms in total. The van der Waals surface area contributed by atoms with Gasteiger partial charge < -0.3 is 9.47 Å². The van der Waals surface area contributed by atoms with E-state index in [9.17, 15) is 0 Å². The summed E-state index contributed by atoms with van der Waals surface area (Å²) < 4.78 is 2.40. The first-order valence-electron chi connectivity index (χ1n) is 18.4. The monoisotopic (exact) mass is 678 g/mol. The molecule has 1 heterocycles. The minimum Gasteiger partial charge on any atom is -0.310 e. The second kappa shape index (κ2) is 12.3. The molecule has 0 bridgehead atoms. The van der Waals surface area contributed by atoms with E-state index < -0.39 is 0 Å². The molecule has 0 fully saturated rings. The lowest BCUT2D eigenvalue weighted by Gasteiger charge is -2.27. The van der Waals surface area contributed by atoms with Gasteiger partial charge in [-0.3, -0.25) is 0 Å². The normalized spacial score (nSPS) is 12.9. The summed E-state index contributed by atoms with van der Waals surface area (Å²) in [5, 5.41) is 2.50. The number of para-hydroxylation sites is 3. The highest BCUT2D eigenvalue weighted by atomic mass is 15.1. The maximum Gasteiger partial charge on any atom is 0.0547 e. The van der Waals surface area contributed by atoms with Crippen molar-refractivity contribution in [1.82, 2.24) is 4.57 Å². The van der Waals surface area contributed by atoms with Crippen molar-refractivity contribution in [1.29, 1.82) is 0 Å². The van der Waals surface area contributed by atoms with E-state index in [4.69, 9.17) is 0 Å². The molecule has 0 aliphatic heterocycles. The highest BCUT2D eigenvalue weighted by Gasteiger charge is 2.35. The Balaban J connectivity index is 1.14. The Morgan fingerprint density at radius 3 is 1.72 bits per heavy atom. The van der Waals surface area contributed by atoms with Crippen LogP contribution < -0.4 is 4.90 Å². The molecule has 0 amide bonds. The predicted molar refractivity (Wildman–Crippen MR) is 224 cm³/mol. The number of fused-ring (bicyclic) bond motifs is 6. The van der Waals surface area contributed by atoms with Crippen LogP contribution in [0.1, 0.15) is 25.0 Å². The minimum atomic E-state index is -0.0331. The van der Waals surface area contributed by atoms with E-state index in [1.165, 1.54) is 66.3 Å². The first-order chi connectivity index (χ1) is 26.1. The Labute approximate surface area is 310 Å². The van der Waals surface area contributed by atoms with Crippen LogP contribution in [0.5, 0.6) is 0 Å². The van der Waals surface area contributed by atoms with Gasteiger partial charge >= 0.3 is 0 Å². The lowest BCUT2D eigenvalue weighted by atomic mass is 9.82. The van der Waals surface area contributed by atoms with Gasteiger partial charge in [0.2, 0.25) is 0 Å². The van der Waals surface area contributed by atoms with Gasteiger partial charge in [0.15, 0.2) is 0 Å². The van der Waals surface area contributed by atoms with Crippen LogP contribution in [-0.2, 0) is 5.41 Å². The molecule has 0 spiro atoms. The van der Waals surface area contributed by atoms with Gasteiger partial charge in [0.1, 0.15) is 0 Å². The zero-order chi connectivity index (χ0) is 35.5. The number of aromatic nitrogens is 1. The average molecular weight is 679 g/mol. The molecular formula is C51H38N2. The summed E-state index contributed by atoms with van der Waals surface area (Å²) in [6.45, 7) is 4.68. The Bertz CT molecular complexity index is 2780. The molecule has 252 valence electrons. The highest BCUT2D eigenvalue weighted by molar-refractivity contribution is 6.12. The summed E-state index contributed by atoms with van der Waals surface area (Å²) in [5.74, 6) is 0. The zero-order valence-corrected chi connectivity index (χ0v) is 29.9. The summed E-state index contributed by atoms with van der Waals surface area (Å²) in [5.41, 5.74) is 17.2. The van der Waals surface area contributed by atoms with E-state index in [2.05, 4.69) is 217 Å². The third-order valence-corrected chi connectivity index (χ3v) is 11.2. The zero-order valence-electron chi connectivity index (χ0n) is 29.9. The topological polar surface area (TPSA) is 8.17 Å². The summed E-state index contributed by atoms with van der Waals surface area (Å²) in [6.07, 6.45) is 0. The van der Waals surface area contributed by atoms with Gasteiger partial charge in [0.05, 0.1) is 11.0 Å². The maximum atomic E-state index is 2.41. The van der Waals surface area contributed by atoms with Crippen LogP contribution in [0.25, 0.3) is 60.9 Å². The number of hydrogen-bond acceptors (Lipinski definition) is 1. The van der Waals surface area contributed by atoms with Crippen molar-refractivity contribution in [3.8, 4) is 39.1 Å². The number of hydrogen-bond donors (Lipinski definition) is 0. The molecule has 10 rings (SSSR count). The van der Waals surface area contributed by atoms with E-state index in [0.29, 0.717) is 0 Å². The fourth-order valence-corrected chi connectivity index (χ4v) is 8.63. The van der Waals surface area contributed by atoms with Gasteiger partial charge in [-0.1, -0.05) is 141 Å². The summed E-state index contributed by atoms with van der Waals surface area (Å²) in [4.78, 5) is 2.38. The van der Waals surface area contributed by atoms with E-state index in [1.54, 1.807) is 0 Å². The van der Waals surface area contributed by atoms with Crippen LogP contribution >= 0.6 is 0 Å². The van der Waals surface area contributed by atoms with Crippen LogP contribution in [0, 0.1) is 0 Å². The molecule has 2 heteroatoms. The highest BCUT2D eigenvalue weighted by Crippen LogP contribution is 2.51. The van der Waals surface area contributed by atoms with E-state index in [-0.39, 0.29) is 5.41 Å². The Kier molecular flexibility index (Phi) is 7.19. The molecule has 0 unspecified atom stereocenters.